The molecule has 0 aliphatic heterocycles. The molecule has 4 heteroatoms. The average molecular weight is 363 g/mol. The maximum atomic E-state index is 12.9. The van der Waals surface area contributed by atoms with Crippen LogP contribution < -0.4 is 0 Å². The van der Waals surface area contributed by atoms with E-state index in [4.69, 9.17) is 5.41 Å². The number of alkyl halides is 3. The quantitative estimate of drug-likeness (QED) is 0.487. The molecule has 0 spiro atoms. The first-order chi connectivity index (χ1) is 12.3. The molecule has 0 saturated heterocycles. The second-order valence-corrected chi connectivity index (χ2v) is 7.07. The van der Waals surface area contributed by atoms with Gasteiger partial charge in [-0.3, -0.25) is 0 Å². The Balaban J connectivity index is 1.88. The van der Waals surface area contributed by atoms with Crippen LogP contribution in [0.3, 0.4) is 0 Å². The second kappa shape index (κ2) is 9.20. The van der Waals surface area contributed by atoms with Crippen molar-refractivity contribution in [2.45, 2.75) is 58.5 Å². The molecule has 2 rings (SSSR count). The van der Waals surface area contributed by atoms with Gasteiger partial charge in [0, 0.05) is 18.1 Å². The molecule has 2 aliphatic carbocycles. The van der Waals surface area contributed by atoms with Crippen molar-refractivity contribution >= 4 is 5.71 Å². The summed E-state index contributed by atoms with van der Waals surface area (Å²) in [6.45, 7) is 4.07. The highest BCUT2D eigenvalue weighted by atomic mass is 19.4. The molecule has 2 atom stereocenters. The second-order valence-electron chi connectivity index (χ2n) is 7.07. The lowest BCUT2D eigenvalue weighted by atomic mass is 9.86. The van der Waals surface area contributed by atoms with Crippen molar-refractivity contribution in [3.63, 3.8) is 0 Å². The summed E-state index contributed by atoms with van der Waals surface area (Å²) in [5, 5.41) is 7.66. The molecule has 0 bridgehead atoms. The summed E-state index contributed by atoms with van der Waals surface area (Å²) >= 11 is 0. The molecule has 142 valence electrons. The van der Waals surface area contributed by atoms with Crippen LogP contribution in [-0.4, -0.2) is 11.9 Å². The fourth-order valence-corrected chi connectivity index (χ4v) is 3.51. The maximum absolute atomic E-state index is 12.9. The Kier molecular flexibility index (Phi) is 7.24. The van der Waals surface area contributed by atoms with Gasteiger partial charge < -0.3 is 5.41 Å². The van der Waals surface area contributed by atoms with Gasteiger partial charge in [-0.15, -0.1) is 0 Å². The van der Waals surface area contributed by atoms with E-state index in [1.54, 1.807) is 6.08 Å². The van der Waals surface area contributed by atoms with Crippen LogP contribution in [0, 0.1) is 17.2 Å². The molecule has 1 N–H and O–H groups in total. The van der Waals surface area contributed by atoms with Crippen LogP contribution in [0.2, 0.25) is 0 Å². The number of hydrogen-bond acceptors (Lipinski definition) is 1. The van der Waals surface area contributed by atoms with Gasteiger partial charge in [0.1, 0.15) is 0 Å². The van der Waals surface area contributed by atoms with Crippen molar-refractivity contribution in [3.8, 4) is 0 Å². The Morgan fingerprint density at radius 1 is 1.35 bits per heavy atom. The first-order valence-corrected chi connectivity index (χ1v) is 9.33. The largest absolute Gasteiger partial charge is 0.416 e. The molecule has 1 nitrogen and oxygen atoms in total. The highest BCUT2D eigenvalue weighted by Gasteiger charge is 2.33. The SMILES string of the molecule is C/C=C(\CC/C=C/C(C)C1=CCC(=N)CC1)C1C=C(C(F)(F)F)C=CC1. The predicted octanol–water partition coefficient (Wildman–Crippen LogP) is 7.10. The average Bonchev–Trinajstić information content (AvgIpc) is 2.61. The smallest absolute Gasteiger partial charge is 0.309 e. The molecule has 0 aromatic carbocycles. The minimum Gasteiger partial charge on any atom is -0.309 e. The van der Waals surface area contributed by atoms with Crippen molar-refractivity contribution in [1.29, 1.82) is 5.41 Å². The molecule has 0 saturated carbocycles. The van der Waals surface area contributed by atoms with Crippen molar-refractivity contribution in [2.75, 3.05) is 0 Å². The molecule has 0 fully saturated rings. The van der Waals surface area contributed by atoms with Gasteiger partial charge in [0.15, 0.2) is 0 Å². The molecule has 0 aromatic rings. The van der Waals surface area contributed by atoms with E-state index in [0.717, 1.165) is 43.4 Å². The van der Waals surface area contributed by atoms with Crippen LogP contribution in [0.1, 0.15) is 52.4 Å². The summed E-state index contributed by atoms with van der Waals surface area (Å²) in [5.74, 6) is 0.214. The van der Waals surface area contributed by atoms with E-state index >= 15 is 0 Å². The molecule has 0 amide bonds. The summed E-state index contributed by atoms with van der Waals surface area (Å²) < 4.78 is 38.7. The zero-order valence-corrected chi connectivity index (χ0v) is 15.6. The predicted molar refractivity (Wildman–Crippen MR) is 102 cm³/mol. The molecular weight excluding hydrogens is 335 g/mol. The highest BCUT2D eigenvalue weighted by Crippen LogP contribution is 2.34. The monoisotopic (exact) mass is 363 g/mol. The maximum Gasteiger partial charge on any atom is 0.416 e. The van der Waals surface area contributed by atoms with Crippen molar-refractivity contribution in [1.82, 2.24) is 0 Å². The fourth-order valence-electron chi connectivity index (χ4n) is 3.51. The van der Waals surface area contributed by atoms with Crippen LogP contribution >= 0.6 is 0 Å². The molecule has 0 aromatic heterocycles. The topological polar surface area (TPSA) is 23.9 Å². The standard InChI is InChI=1S/C22H28F3N/c1-3-17(19-9-6-10-20(15-19)22(23,24)25)8-5-4-7-16(2)18-11-13-21(26)14-12-18/h3-4,6-7,10-11,15-16,19,26H,5,8-9,12-14H2,1-2H3/b7-4+,17-3+,26-21?. The fraction of sp³-hybridized carbons (Fsp3) is 0.500. The van der Waals surface area contributed by atoms with Crippen molar-refractivity contribution < 1.29 is 13.2 Å². The van der Waals surface area contributed by atoms with Gasteiger partial charge >= 0.3 is 6.18 Å². The van der Waals surface area contributed by atoms with E-state index in [0.29, 0.717) is 12.3 Å². The highest BCUT2D eigenvalue weighted by molar-refractivity contribution is 5.84. The summed E-state index contributed by atoms with van der Waals surface area (Å²) in [6.07, 6.45) is 13.2. The van der Waals surface area contributed by atoms with Crippen molar-refractivity contribution in [2.24, 2.45) is 11.8 Å². The zero-order valence-electron chi connectivity index (χ0n) is 15.6. The number of rotatable bonds is 6. The number of allylic oxidation sites excluding steroid dienone is 10. The lowest BCUT2D eigenvalue weighted by Crippen LogP contribution is -2.15. The third-order valence-electron chi connectivity index (χ3n) is 5.18. The van der Waals surface area contributed by atoms with E-state index in [1.165, 1.54) is 17.7 Å². The van der Waals surface area contributed by atoms with E-state index in [2.05, 4.69) is 25.2 Å². The molecule has 2 unspecified atom stereocenters. The number of nitrogens with one attached hydrogen (secondary N) is 1. The van der Waals surface area contributed by atoms with Gasteiger partial charge in [-0.05, 0) is 44.9 Å². The van der Waals surface area contributed by atoms with Crippen molar-refractivity contribution in [3.05, 3.63) is 59.3 Å². The van der Waals surface area contributed by atoms with E-state index in [1.807, 2.05) is 13.0 Å². The molecule has 26 heavy (non-hydrogen) atoms. The minimum atomic E-state index is -4.27. The summed E-state index contributed by atoms with van der Waals surface area (Å²) in [6, 6.07) is 0. The van der Waals surface area contributed by atoms with Gasteiger partial charge in [0.25, 0.3) is 0 Å². The van der Waals surface area contributed by atoms with Crippen LogP contribution in [0.4, 0.5) is 13.2 Å². The Labute approximate surface area is 154 Å². The molecule has 2 aliphatic rings. The Hall–Kier alpha value is -1.84. The van der Waals surface area contributed by atoms with Gasteiger partial charge in [-0.1, -0.05) is 60.6 Å². The van der Waals surface area contributed by atoms with Crippen LogP contribution in [-0.2, 0) is 0 Å². The normalized spacial score (nSPS) is 23.2. The Morgan fingerprint density at radius 3 is 2.73 bits per heavy atom. The zero-order chi connectivity index (χ0) is 19.2. The van der Waals surface area contributed by atoms with Crippen LogP contribution in [0.15, 0.2) is 59.3 Å². The van der Waals surface area contributed by atoms with Gasteiger partial charge in [0.2, 0.25) is 0 Å². The molecular formula is C22H28F3N. The summed E-state index contributed by atoms with van der Waals surface area (Å²) in [5.41, 5.74) is 2.72. The Bertz CT molecular complexity index is 659. The van der Waals surface area contributed by atoms with E-state index in [-0.39, 0.29) is 5.92 Å². The minimum absolute atomic E-state index is 0.153. The first kappa shape index (κ1) is 20.5. The third kappa shape index (κ3) is 5.86. The third-order valence-corrected chi connectivity index (χ3v) is 5.18. The first-order valence-electron chi connectivity index (χ1n) is 9.33. The molecule has 0 heterocycles. The van der Waals surface area contributed by atoms with Crippen LogP contribution in [0.5, 0.6) is 0 Å². The Morgan fingerprint density at radius 2 is 2.12 bits per heavy atom. The van der Waals surface area contributed by atoms with Gasteiger partial charge in [-0.2, -0.15) is 13.2 Å². The lowest BCUT2D eigenvalue weighted by molar-refractivity contribution is -0.0888. The lowest BCUT2D eigenvalue weighted by Gasteiger charge is -2.21. The number of hydrogen-bond donors (Lipinski definition) is 1. The number of halogens is 3. The van der Waals surface area contributed by atoms with Crippen LogP contribution in [0.25, 0.3) is 0 Å². The van der Waals surface area contributed by atoms with Gasteiger partial charge in [0.05, 0.1) is 5.57 Å². The molecule has 0 radical (unpaired) electrons. The van der Waals surface area contributed by atoms with Gasteiger partial charge in [-0.25, -0.2) is 0 Å². The summed E-state index contributed by atoms with van der Waals surface area (Å²) in [4.78, 5) is 0. The van der Waals surface area contributed by atoms with E-state index < -0.39 is 11.7 Å². The summed E-state index contributed by atoms with van der Waals surface area (Å²) in [7, 11) is 0. The van der Waals surface area contributed by atoms with E-state index in [9.17, 15) is 13.2 Å².